The third-order valence-corrected chi connectivity index (χ3v) is 6.98. The maximum absolute atomic E-state index is 12.3. The molecule has 9 nitrogen and oxygen atoms in total. The van der Waals surface area contributed by atoms with E-state index in [0.29, 0.717) is 6.42 Å². The van der Waals surface area contributed by atoms with Gasteiger partial charge in [-0.25, -0.2) is 4.57 Å². The molecular formula is C27H54NO8P. The van der Waals surface area contributed by atoms with Gasteiger partial charge in [-0.2, -0.15) is 0 Å². The van der Waals surface area contributed by atoms with Crippen LogP contribution in [0.5, 0.6) is 0 Å². The van der Waals surface area contributed by atoms with Gasteiger partial charge in [0.2, 0.25) is 0 Å². The molecule has 0 bridgehead atoms. The van der Waals surface area contributed by atoms with Crippen LogP contribution in [0.3, 0.4) is 0 Å². The molecule has 0 aliphatic carbocycles. The summed E-state index contributed by atoms with van der Waals surface area (Å²) in [6.45, 7) is 3.56. The molecule has 0 aromatic carbocycles. The zero-order valence-corrected chi connectivity index (χ0v) is 24.4. The highest BCUT2D eigenvalue weighted by atomic mass is 31.2. The molecule has 2 unspecified atom stereocenters. The molecule has 0 heterocycles. The Balaban J connectivity index is 4.25. The number of carbonyl (C=O) groups is 2. The van der Waals surface area contributed by atoms with Crippen molar-refractivity contribution in [3.8, 4) is 0 Å². The first-order valence-electron chi connectivity index (χ1n) is 14.5. The molecule has 0 aliphatic rings. The molecule has 0 radical (unpaired) electrons. The number of esters is 2. The van der Waals surface area contributed by atoms with Crippen molar-refractivity contribution in [3.63, 3.8) is 0 Å². The molecule has 37 heavy (non-hydrogen) atoms. The molecule has 10 heteroatoms. The lowest BCUT2D eigenvalue weighted by Gasteiger charge is -2.19. The zero-order valence-electron chi connectivity index (χ0n) is 23.5. The Morgan fingerprint density at radius 2 is 1.16 bits per heavy atom. The van der Waals surface area contributed by atoms with E-state index in [-0.39, 0.29) is 32.6 Å². The monoisotopic (exact) mass is 551 g/mol. The molecule has 0 spiro atoms. The third kappa shape index (κ3) is 25.1. The van der Waals surface area contributed by atoms with Crippen molar-refractivity contribution in [2.45, 2.75) is 136 Å². The van der Waals surface area contributed by atoms with E-state index in [0.717, 1.165) is 38.5 Å². The molecule has 0 aliphatic heterocycles. The van der Waals surface area contributed by atoms with Crippen LogP contribution < -0.4 is 5.73 Å². The maximum atomic E-state index is 12.3. The summed E-state index contributed by atoms with van der Waals surface area (Å²) in [5, 5.41) is 0. The number of hydrogen-bond donors (Lipinski definition) is 2. The highest BCUT2D eigenvalue weighted by Crippen LogP contribution is 2.43. The Morgan fingerprint density at radius 1 is 0.703 bits per heavy atom. The number of unbranched alkanes of at least 4 members (excludes halogenated alkanes) is 14. The first kappa shape index (κ1) is 36.0. The van der Waals surface area contributed by atoms with Crippen molar-refractivity contribution in [3.05, 3.63) is 0 Å². The molecule has 3 N–H and O–H groups in total. The van der Waals surface area contributed by atoms with Gasteiger partial charge in [0.1, 0.15) is 6.61 Å². The van der Waals surface area contributed by atoms with Crippen LogP contribution in [-0.4, -0.2) is 49.3 Å². The SMILES string of the molecule is CCCCCCCCCCCCCCC(=O)OC(COC(=O)CCCCCC)COP(=O)(O)OCCN. The number of rotatable bonds is 27. The molecule has 220 valence electrons. The standard InChI is InChI=1S/C27H54NO8P/c1-3-5-7-9-10-11-12-13-14-15-16-18-20-27(30)36-25(24-35-37(31,32)34-22-21-28)23-33-26(29)19-17-8-6-4-2/h25H,3-24,28H2,1-2H3,(H,31,32). The zero-order chi connectivity index (χ0) is 27.6. The molecule has 0 amide bonds. The Bertz CT molecular complexity index is 605. The van der Waals surface area contributed by atoms with Crippen molar-refractivity contribution in [2.24, 2.45) is 5.73 Å². The van der Waals surface area contributed by atoms with Crippen LogP contribution in [0.2, 0.25) is 0 Å². The summed E-state index contributed by atoms with van der Waals surface area (Å²) in [5.74, 6) is -0.847. The minimum Gasteiger partial charge on any atom is -0.462 e. The normalized spacial score (nSPS) is 13.7. The molecule has 2 atom stereocenters. The number of nitrogens with two attached hydrogens (primary N) is 1. The second-order valence-electron chi connectivity index (χ2n) is 9.63. The number of phosphoric acid groups is 1. The van der Waals surface area contributed by atoms with E-state index in [1.165, 1.54) is 57.8 Å². The summed E-state index contributed by atoms with van der Waals surface area (Å²) in [6, 6.07) is 0. The van der Waals surface area contributed by atoms with E-state index < -0.39 is 32.5 Å². The minimum absolute atomic E-state index is 0.0566. The fourth-order valence-electron chi connectivity index (χ4n) is 3.81. The van der Waals surface area contributed by atoms with Gasteiger partial charge in [0.25, 0.3) is 0 Å². The first-order valence-corrected chi connectivity index (χ1v) is 16.0. The van der Waals surface area contributed by atoms with E-state index in [1.54, 1.807) is 0 Å². The first-order chi connectivity index (χ1) is 17.8. The van der Waals surface area contributed by atoms with Gasteiger partial charge >= 0.3 is 19.8 Å². The summed E-state index contributed by atoms with van der Waals surface area (Å²) < 4.78 is 32.1. The second kappa shape index (κ2) is 25.3. The molecular weight excluding hydrogens is 497 g/mol. The summed E-state index contributed by atoms with van der Waals surface area (Å²) in [7, 11) is -4.34. The highest BCUT2D eigenvalue weighted by molar-refractivity contribution is 7.47. The molecule has 0 aromatic rings. The number of ether oxygens (including phenoxy) is 2. The molecule has 0 rings (SSSR count). The molecule has 0 saturated carbocycles. The van der Waals surface area contributed by atoms with Crippen LogP contribution in [0.4, 0.5) is 0 Å². The quantitative estimate of drug-likeness (QED) is 0.0658. The second-order valence-corrected chi connectivity index (χ2v) is 11.1. The van der Waals surface area contributed by atoms with Crippen LogP contribution in [0.15, 0.2) is 0 Å². The fourth-order valence-corrected chi connectivity index (χ4v) is 4.57. The summed E-state index contributed by atoms with van der Waals surface area (Å²) in [5.41, 5.74) is 5.28. The van der Waals surface area contributed by atoms with Crippen LogP contribution >= 0.6 is 7.82 Å². The van der Waals surface area contributed by atoms with E-state index in [4.69, 9.17) is 24.3 Å². The Kier molecular flexibility index (Phi) is 24.6. The lowest BCUT2D eigenvalue weighted by molar-refractivity contribution is -0.161. The number of hydrogen-bond acceptors (Lipinski definition) is 8. The fraction of sp³-hybridized carbons (Fsp3) is 0.926. The average molecular weight is 552 g/mol. The van der Waals surface area contributed by atoms with Crippen LogP contribution in [0.25, 0.3) is 0 Å². The van der Waals surface area contributed by atoms with Gasteiger partial charge in [0, 0.05) is 19.4 Å². The predicted molar refractivity (Wildman–Crippen MR) is 146 cm³/mol. The predicted octanol–water partition coefficient (Wildman–Crippen LogP) is 6.60. The van der Waals surface area contributed by atoms with E-state index in [9.17, 15) is 19.0 Å². The van der Waals surface area contributed by atoms with Crippen molar-refractivity contribution in [1.29, 1.82) is 0 Å². The van der Waals surface area contributed by atoms with Gasteiger partial charge in [-0.3, -0.25) is 18.6 Å². The van der Waals surface area contributed by atoms with Crippen molar-refractivity contribution in [1.82, 2.24) is 0 Å². The van der Waals surface area contributed by atoms with Crippen LogP contribution in [-0.2, 0) is 32.7 Å². The minimum atomic E-state index is -4.34. The van der Waals surface area contributed by atoms with Gasteiger partial charge in [-0.1, -0.05) is 104 Å². The van der Waals surface area contributed by atoms with Gasteiger partial charge < -0.3 is 20.1 Å². The number of carbonyl (C=O) groups excluding carboxylic acids is 2. The van der Waals surface area contributed by atoms with Gasteiger partial charge in [-0.15, -0.1) is 0 Å². The molecule has 0 saturated heterocycles. The Morgan fingerprint density at radius 3 is 1.68 bits per heavy atom. The maximum Gasteiger partial charge on any atom is 0.472 e. The Labute approximate surface area is 225 Å². The van der Waals surface area contributed by atoms with Gasteiger partial charge in [-0.05, 0) is 12.8 Å². The summed E-state index contributed by atoms with van der Waals surface area (Å²) in [6.07, 6.45) is 17.7. The number of phosphoric ester groups is 1. The largest absolute Gasteiger partial charge is 0.472 e. The van der Waals surface area contributed by atoms with E-state index in [1.807, 2.05) is 0 Å². The van der Waals surface area contributed by atoms with Crippen LogP contribution in [0.1, 0.15) is 129 Å². The topological polar surface area (TPSA) is 134 Å². The molecule has 0 aromatic heterocycles. The van der Waals surface area contributed by atoms with Gasteiger partial charge in [0.05, 0.1) is 13.2 Å². The molecule has 0 fully saturated rings. The van der Waals surface area contributed by atoms with E-state index >= 15 is 0 Å². The third-order valence-electron chi connectivity index (χ3n) is 5.99. The Hall–Kier alpha value is -0.990. The van der Waals surface area contributed by atoms with Crippen molar-refractivity contribution in [2.75, 3.05) is 26.4 Å². The summed E-state index contributed by atoms with van der Waals surface area (Å²) in [4.78, 5) is 34.0. The lowest BCUT2D eigenvalue weighted by Crippen LogP contribution is -2.29. The smallest absolute Gasteiger partial charge is 0.462 e. The van der Waals surface area contributed by atoms with Crippen molar-refractivity contribution < 1.29 is 37.6 Å². The van der Waals surface area contributed by atoms with E-state index in [2.05, 4.69) is 13.8 Å². The van der Waals surface area contributed by atoms with Crippen molar-refractivity contribution >= 4 is 19.8 Å². The van der Waals surface area contributed by atoms with Gasteiger partial charge in [0.15, 0.2) is 6.10 Å². The average Bonchev–Trinajstić information content (AvgIpc) is 2.87. The summed E-state index contributed by atoms with van der Waals surface area (Å²) >= 11 is 0. The highest BCUT2D eigenvalue weighted by Gasteiger charge is 2.25. The lowest BCUT2D eigenvalue weighted by atomic mass is 10.0. The van der Waals surface area contributed by atoms with Crippen LogP contribution in [0, 0.1) is 0 Å².